The molecule has 0 aliphatic carbocycles. The second-order valence-electron chi connectivity index (χ2n) is 3.97. The highest BCUT2D eigenvalue weighted by atomic mass is 16.4. The van der Waals surface area contributed by atoms with Crippen LogP contribution in [0.4, 0.5) is 4.79 Å². The van der Waals surface area contributed by atoms with Gasteiger partial charge in [0.1, 0.15) is 5.76 Å². The molecule has 0 unspecified atom stereocenters. The van der Waals surface area contributed by atoms with Gasteiger partial charge in [-0.3, -0.25) is 0 Å². The van der Waals surface area contributed by atoms with Gasteiger partial charge in [0, 0.05) is 32.6 Å². The summed E-state index contributed by atoms with van der Waals surface area (Å²) in [6.45, 7) is 5.64. The molecule has 0 atom stereocenters. The quantitative estimate of drug-likeness (QED) is 0.702. The Morgan fingerprint density at radius 3 is 3.18 bits per heavy atom. The Morgan fingerprint density at radius 1 is 1.65 bits per heavy atom. The minimum absolute atomic E-state index is 0.0243. The van der Waals surface area contributed by atoms with Crippen LogP contribution in [-0.4, -0.2) is 42.1 Å². The van der Waals surface area contributed by atoms with E-state index in [2.05, 4.69) is 15.6 Å². The Bertz CT molecular complexity index is 377. The Labute approximate surface area is 100 Å². The number of urea groups is 1. The van der Waals surface area contributed by atoms with Crippen LogP contribution in [-0.2, 0) is 13.0 Å². The van der Waals surface area contributed by atoms with Gasteiger partial charge in [0.25, 0.3) is 0 Å². The molecule has 1 aliphatic rings. The fraction of sp³-hybridized carbons (Fsp3) is 0.636. The average molecular weight is 238 g/mol. The lowest BCUT2D eigenvalue weighted by Crippen LogP contribution is -2.34. The summed E-state index contributed by atoms with van der Waals surface area (Å²) in [4.78, 5) is 17.2. The first-order valence-corrected chi connectivity index (χ1v) is 5.96. The molecule has 0 spiro atoms. The van der Waals surface area contributed by atoms with Crippen molar-refractivity contribution in [2.24, 2.45) is 0 Å². The minimum Gasteiger partial charge on any atom is -0.444 e. The fourth-order valence-electron chi connectivity index (χ4n) is 1.73. The van der Waals surface area contributed by atoms with Crippen LogP contribution in [0.25, 0.3) is 0 Å². The monoisotopic (exact) mass is 238 g/mol. The Hall–Kier alpha value is -1.56. The molecule has 1 fully saturated rings. The first-order valence-electron chi connectivity index (χ1n) is 5.96. The Kier molecular flexibility index (Phi) is 3.98. The molecule has 0 saturated carbocycles. The van der Waals surface area contributed by atoms with Gasteiger partial charge in [-0.25, -0.2) is 9.78 Å². The van der Waals surface area contributed by atoms with E-state index in [4.69, 9.17) is 4.42 Å². The van der Waals surface area contributed by atoms with Gasteiger partial charge in [0.2, 0.25) is 5.89 Å². The van der Waals surface area contributed by atoms with Crippen LogP contribution in [0.15, 0.2) is 10.6 Å². The number of nitrogens with zero attached hydrogens (tertiary/aromatic N) is 2. The molecule has 2 rings (SSSR count). The van der Waals surface area contributed by atoms with Gasteiger partial charge in [0.15, 0.2) is 0 Å². The van der Waals surface area contributed by atoms with E-state index in [-0.39, 0.29) is 6.03 Å². The predicted molar refractivity (Wildman–Crippen MR) is 62.6 cm³/mol. The third kappa shape index (κ3) is 3.20. The number of nitrogens with one attached hydrogen (secondary N) is 2. The lowest BCUT2D eigenvalue weighted by atomic mass is 10.4. The Morgan fingerprint density at radius 2 is 2.53 bits per heavy atom. The van der Waals surface area contributed by atoms with Crippen LogP contribution in [0.5, 0.6) is 0 Å². The van der Waals surface area contributed by atoms with E-state index < -0.39 is 0 Å². The fourth-order valence-corrected chi connectivity index (χ4v) is 1.73. The average Bonchev–Trinajstić information content (AvgIpc) is 2.94. The highest BCUT2D eigenvalue weighted by Crippen LogP contribution is 2.03. The van der Waals surface area contributed by atoms with Crippen molar-refractivity contribution in [1.29, 1.82) is 0 Å². The molecule has 0 bridgehead atoms. The van der Waals surface area contributed by atoms with Crippen molar-refractivity contribution in [2.75, 3.05) is 26.2 Å². The van der Waals surface area contributed by atoms with Crippen molar-refractivity contribution >= 4 is 6.03 Å². The summed E-state index contributed by atoms with van der Waals surface area (Å²) in [6.07, 6.45) is 2.62. The molecule has 6 nitrogen and oxygen atoms in total. The van der Waals surface area contributed by atoms with Crippen molar-refractivity contribution in [2.45, 2.75) is 19.9 Å². The molecule has 17 heavy (non-hydrogen) atoms. The molecule has 94 valence electrons. The lowest BCUT2D eigenvalue weighted by molar-refractivity contribution is 0.217. The molecular formula is C11H18N4O2. The van der Waals surface area contributed by atoms with Gasteiger partial charge in [-0.1, -0.05) is 6.92 Å². The molecule has 1 aromatic heterocycles. The first-order chi connectivity index (χ1) is 8.29. The molecule has 1 saturated heterocycles. The number of oxazole rings is 1. The predicted octanol–water partition coefficient (Wildman–Crippen LogP) is 0.352. The number of amides is 2. The first kappa shape index (κ1) is 11.9. The standard InChI is InChI=1S/C11H18N4O2/c1-2-9-7-14-10(17-9)8-12-3-5-15-6-4-13-11(15)16/h7,12H,2-6,8H2,1H3,(H,13,16). The highest BCUT2D eigenvalue weighted by molar-refractivity contribution is 5.76. The molecular weight excluding hydrogens is 220 g/mol. The molecule has 2 heterocycles. The summed E-state index contributed by atoms with van der Waals surface area (Å²) in [5.41, 5.74) is 0. The number of carbonyl (C=O) groups excluding carboxylic acids is 1. The van der Waals surface area contributed by atoms with E-state index in [1.807, 2.05) is 6.92 Å². The Balaban J connectivity index is 1.64. The lowest BCUT2D eigenvalue weighted by Gasteiger charge is -2.13. The summed E-state index contributed by atoms with van der Waals surface area (Å²) in [6, 6.07) is 0.0243. The van der Waals surface area contributed by atoms with Gasteiger partial charge < -0.3 is 20.0 Å². The largest absolute Gasteiger partial charge is 0.444 e. The maximum atomic E-state index is 11.2. The van der Waals surface area contributed by atoms with Gasteiger partial charge in [0.05, 0.1) is 12.7 Å². The van der Waals surface area contributed by atoms with E-state index in [0.717, 1.165) is 31.8 Å². The number of rotatable bonds is 6. The maximum Gasteiger partial charge on any atom is 0.317 e. The van der Waals surface area contributed by atoms with Crippen LogP contribution in [0.3, 0.4) is 0 Å². The summed E-state index contributed by atoms with van der Waals surface area (Å²) in [5, 5.41) is 5.98. The molecule has 2 amide bonds. The van der Waals surface area contributed by atoms with E-state index >= 15 is 0 Å². The summed E-state index contributed by atoms with van der Waals surface area (Å²) in [7, 11) is 0. The van der Waals surface area contributed by atoms with Crippen molar-refractivity contribution in [3.05, 3.63) is 17.8 Å². The van der Waals surface area contributed by atoms with Crippen molar-refractivity contribution in [1.82, 2.24) is 20.5 Å². The summed E-state index contributed by atoms with van der Waals surface area (Å²) < 4.78 is 5.46. The molecule has 1 aromatic rings. The number of hydrogen-bond acceptors (Lipinski definition) is 4. The molecule has 6 heteroatoms. The summed E-state index contributed by atoms with van der Waals surface area (Å²) >= 11 is 0. The minimum atomic E-state index is 0.0243. The van der Waals surface area contributed by atoms with E-state index in [9.17, 15) is 4.79 Å². The summed E-state index contributed by atoms with van der Waals surface area (Å²) in [5.74, 6) is 1.61. The van der Waals surface area contributed by atoms with Crippen LogP contribution in [0, 0.1) is 0 Å². The second kappa shape index (κ2) is 5.67. The van der Waals surface area contributed by atoms with Crippen LogP contribution in [0.2, 0.25) is 0 Å². The van der Waals surface area contributed by atoms with E-state index in [1.165, 1.54) is 0 Å². The molecule has 2 N–H and O–H groups in total. The molecule has 0 radical (unpaired) electrons. The van der Waals surface area contributed by atoms with Gasteiger partial charge in [-0.2, -0.15) is 0 Å². The van der Waals surface area contributed by atoms with Crippen molar-refractivity contribution < 1.29 is 9.21 Å². The SMILES string of the molecule is CCc1cnc(CNCCN2CCNC2=O)o1. The number of hydrogen-bond donors (Lipinski definition) is 2. The third-order valence-corrected chi connectivity index (χ3v) is 2.73. The van der Waals surface area contributed by atoms with Gasteiger partial charge in [-0.15, -0.1) is 0 Å². The van der Waals surface area contributed by atoms with E-state index in [1.54, 1.807) is 11.1 Å². The zero-order chi connectivity index (χ0) is 12.1. The highest BCUT2D eigenvalue weighted by Gasteiger charge is 2.18. The molecule has 1 aliphatic heterocycles. The van der Waals surface area contributed by atoms with Gasteiger partial charge in [-0.05, 0) is 0 Å². The second-order valence-corrected chi connectivity index (χ2v) is 3.97. The zero-order valence-corrected chi connectivity index (χ0v) is 10.0. The normalized spacial score (nSPS) is 15.4. The smallest absolute Gasteiger partial charge is 0.317 e. The van der Waals surface area contributed by atoms with Crippen molar-refractivity contribution in [3.63, 3.8) is 0 Å². The number of aromatic nitrogens is 1. The topological polar surface area (TPSA) is 70.4 Å². The maximum absolute atomic E-state index is 11.2. The van der Waals surface area contributed by atoms with Gasteiger partial charge >= 0.3 is 6.03 Å². The van der Waals surface area contributed by atoms with Crippen molar-refractivity contribution in [3.8, 4) is 0 Å². The third-order valence-electron chi connectivity index (χ3n) is 2.73. The molecule has 0 aromatic carbocycles. The number of carbonyl (C=O) groups is 1. The van der Waals surface area contributed by atoms with Crippen LogP contribution < -0.4 is 10.6 Å². The zero-order valence-electron chi connectivity index (χ0n) is 10.0. The van der Waals surface area contributed by atoms with Crippen LogP contribution in [0.1, 0.15) is 18.6 Å². The van der Waals surface area contributed by atoms with E-state index in [0.29, 0.717) is 19.0 Å². The number of aryl methyl sites for hydroxylation is 1. The van der Waals surface area contributed by atoms with Crippen LogP contribution >= 0.6 is 0 Å².